The van der Waals surface area contributed by atoms with E-state index in [1.807, 2.05) is 141 Å². The molecule has 0 unspecified atom stereocenters. The lowest BCUT2D eigenvalue weighted by atomic mass is 10.1. The van der Waals surface area contributed by atoms with Gasteiger partial charge >= 0.3 is 6.01 Å². The average molecular weight is 1350 g/mol. The number of pyridine rings is 2. The number of amides is 3. The molecule has 6 N–H and O–H groups in total. The molecule has 28 heteroatoms. The van der Waals surface area contributed by atoms with E-state index in [1.165, 1.54) is 31.1 Å². The van der Waals surface area contributed by atoms with E-state index in [-0.39, 0.29) is 41.9 Å². The lowest BCUT2D eigenvalue weighted by Gasteiger charge is -2.32. The third-order valence-corrected chi connectivity index (χ3v) is 17.3. The number of piperidine rings is 3. The van der Waals surface area contributed by atoms with Gasteiger partial charge in [0, 0.05) is 75.1 Å². The Morgan fingerprint density at radius 2 is 0.891 bits per heavy atom. The third kappa shape index (κ3) is 15.0. The molecule has 12 aromatic rings. The van der Waals surface area contributed by atoms with Gasteiger partial charge in [-0.3, -0.25) is 19.4 Å². The second-order valence-electron chi connectivity index (χ2n) is 24.0. The first-order valence-corrected chi connectivity index (χ1v) is 33.1. The van der Waals surface area contributed by atoms with Gasteiger partial charge in [0.25, 0.3) is 0 Å². The van der Waals surface area contributed by atoms with Crippen LogP contribution in [-0.2, 0) is 14.4 Å². The average Bonchev–Trinajstić information content (AvgIpc) is 1.63. The molecule has 0 radical (unpaired) electrons. The highest BCUT2D eigenvalue weighted by atomic mass is 16.5. The summed E-state index contributed by atoms with van der Waals surface area (Å²) in [5, 5.41) is 16.5. The number of rotatable bonds is 16. The summed E-state index contributed by atoms with van der Waals surface area (Å²) in [5.41, 5.74) is 24.5. The van der Waals surface area contributed by atoms with Crippen LogP contribution in [0.4, 0.5) is 17.5 Å². The van der Waals surface area contributed by atoms with E-state index < -0.39 is 0 Å². The van der Waals surface area contributed by atoms with Gasteiger partial charge in [0.15, 0.2) is 16.9 Å². The van der Waals surface area contributed by atoms with E-state index in [9.17, 15) is 14.4 Å². The number of allylic oxidation sites excluding steroid dienone is 1. The summed E-state index contributed by atoms with van der Waals surface area (Å²) in [6.07, 6.45) is 23.2. The number of nitrogens with zero attached hydrogens (tertiary/aromatic N) is 19. The highest BCUT2D eigenvalue weighted by Gasteiger charge is 2.32. The number of anilines is 3. The van der Waals surface area contributed by atoms with E-state index in [4.69, 9.17) is 46.7 Å². The highest BCUT2D eigenvalue weighted by molar-refractivity contribution is 6.00. The maximum absolute atomic E-state index is 12.6. The number of aromatic nitrogens is 16. The summed E-state index contributed by atoms with van der Waals surface area (Å²) < 4.78 is 22.9. The number of likely N-dealkylation sites (tertiary alicyclic amines) is 3. The Morgan fingerprint density at radius 1 is 0.455 bits per heavy atom. The molecule has 28 nitrogen and oxygen atoms in total. The van der Waals surface area contributed by atoms with Gasteiger partial charge in [-0.15, -0.1) is 0 Å². The van der Waals surface area contributed by atoms with E-state index in [2.05, 4.69) is 63.0 Å². The van der Waals surface area contributed by atoms with Gasteiger partial charge in [0.2, 0.25) is 23.6 Å². The predicted octanol–water partition coefficient (Wildman–Crippen LogP) is 11.0. The minimum Gasteiger partial charge on any atom is -0.456 e. The van der Waals surface area contributed by atoms with E-state index >= 15 is 0 Å². The predicted molar refractivity (Wildman–Crippen MR) is 381 cm³/mol. The number of carbonyl (C=O) groups excluding carboxylic acids is 3. The number of hydrogen-bond acceptors (Lipinski definition) is 22. The number of hydrogen-bond donors (Lipinski definition) is 3. The van der Waals surface area contributed by atoms with Crippen LogP contribution in [0.5, 0.6) is 34.9 Å². The lowest BCUT2D eigenvalue weighted by molar-refractivity contribution is -0.128. The molecular weight excluding hydrogens is 1280 g/mol. The Labute approximate surface area is 579 Å². The summed E-state index contributed by atoms with van der Waals surface area (Å²) >= 11 is 0. The van der Waals surface area contributed by atoms with Crippen molar-refractivity contribution in [2.45, 2.75) is 70.0 Å². The lowest BCUT2D eigenvalue weighted by Crippen LogP contribution is -2.40. The van der Waals surface area contributed by atoms with Crippen LogP contribution in [0.1, 0.15) is 70.0 Å². The number of para-hydroxylation sites is 3. The molecular formula is C73H72N22O6. The molecule has 0 aliphatic carbocycles. The second kappa shape index (κ2) is 30.7. The van der Waals surface area contributed by atoms with Crippen molar-refractivity contribution in [2.24, 2.45) is 0 Å². The summed E-state index contributed by atoms with van der Waals surface area (Å²) in [6.45, 7) is 13.0. The molecule has 0 spiro atoms. The fourth-order valence-corrected chi connectivity index (χ4v) is 12.5. The largest absolute Gasteiger partial charge is 0.456 e. The van der Waals surface area contributed by atoms with Gasteiger partial charge in [0.1, 0.15) is 76.5 Å². The Bertz CT molecular complexity index is 4730. The molecule has 0 bridgehead atoms. The maximum Gasteiger partial charge on any atom is 0.321 e. The smallest absolute Gasteiger partial charge is 0.321 e. The van der Waals surface area contributed by atoms with Gasteiger partial charge in [-0.05, 0) is 118 Å². The van der Waals surface area contributed by atoms with Gasteiger partial charge in [-0.25, -0.2) is 58.9 Å². The number of carbonyl (C=O) groups is 3. The summed E-state index contributed by atoms with van der Waals surface area (Å²) in [4.78, 5) is 85.9. The normalized spacial score (nSPS) is 16.0. The summed E-state index contributed by atoms with van der Waals surface area (Å²) in [6, 6.07) is 35.8. The topological polar surface area (TPSA) is 349 Å². The SMILES string of the molecule is C=CC(=O)N1CCC[C@@H](n2nc(-c3ccc(Oc4ccccc4)cn3)c3c(N)ncnc32)C1.C=CC(=O)N1CCC[C@@H](n2nc(-c3cnc(Oc4ccccc4)nc3)c3c(N)ncnc32)C1.CC/C=C/C(=O)N1CCC[C@@H](n2nc(-c3ccc(Oc4ccccc4)nc3)c3c(N)ncnc32)C1. The van der Waals surface area contributed by atoms with Crippen molar-refractivity contribution in [3.8, 4) is 68.8 Å². The number of benzene rings is 3. The fourth-order valence-electron chi connectivity index (χ4n) is 12.5. The minimum atomic E-state index is -0.0899. The van der Waals surface area contributed by atoms with Crippen molar-refractivity contribution in [3.63, 3.8) is 0 Å². The molecule has 3 amide bonds. The molecule has 0 saturated carbocycles. The quantitative estimate of drug-likeness (QED) is 0.0756. The van der Waals surface area contributed by atoms with Crippen LogP contribution >= 0.6 is 0 Å². The zero-order valence-corrected chi connectivity index (χ0v) is 55.3. The Balaban J connectivity index is 0.000000136. The molecule has 101 heavy (non-hydrogen) atoms. The number of nitrogen functional groups attached to an aromatic ring is 3. The number of nitrogens with two attached hydrogens (primary N) is 3. The maximum atomic E-state index is 12.6. The molecule has 3 aliphatic heterocycles. The van der Waals surface area contributed by atoms with Crippen LogP contribution in [0.15, 0.2) is 196 Å². The van der Waals surface area contributed by atoms with Gasteiger partial charge in [-0.2, -0.15) is 15.3 Å². The Hall–Kier alpha value is -12.9. The van der Waals surface area contributed by atoms with Crippen molar-refractivity contribution >= 4 is 68.3 Å². The van der Waals surface area contributed by atoms with Gasteiger partial charge < -0.3 is 46.1 Å². The zero-order valence-electron chi connectivity index (χ0n) is 55.3. The number of ether oxygens (including phenoxy) is 3. The highest BCUT2D eigenvalue weighted by Crippen LogP contribution is 2.38. The number of fused-ring (bicyclic) bond motifs is 3. The molecule has 3 atom stereocenters. The second-order valence-corrected chi connectivity index (χ2v) is 24.0. The van der Waals surface area contributed by atoms with E-state index in [1.54, 1.807) is 46.7 Å². The van der Waals surface area contributed by atoms with Crippen LogP contribution in [0.3, 0.4) is 0 Å². The van der Waals surface area contributed by atoms with Crippen LogP contribution in [0.2, 0.25) is 0 Å². The first kappa shape index (κ1) is 66.7. The van der Waals surface area contributed by atoms with Gasteiger partial charge in [0.05, 0.1) is 46.2 Å². The molecule has 9 aromatic heterocycles. The van der Waals surface area contributed by atoms with Crippen LogP contribution in [0, 0.1) is 0 Å². The monoisotopic (exact) mass is 1350 g/mol. The molecule has 15 rings (SSSR count). The first-order valence-electron chi connectivity index (χ1n) is 33.1. The van der Waals surface area contributed by atoms with Crippen molar-refractivity contribution in [1.82, 2.24) is 93.9 Å². The molecule has 3 saturated heterocycles. The van der Waals surface area contributed by atoms with Crippen molar-refractivity contribution in [1.29, 1.82) is 0 Å². The molecule has 510 valence electrons. The Kier molecular flexibility index (Phi) is 20.3. The summed E-state index contributed by atoms with van der Waals surface area (Å²) in [7, 11) is 0. The van der Waals surface area contributed by atoms with E-state index in [0.29, 0.717) is 135 Å². The van der Waals surface area contributed by atoms with Crippen molar-refractivity contribution < 1.29 is 28.6 Å². The van der Waals surface area contributed by atoms with Gasteiger partial charge in [-0.1, -0.05) is 80.8 Å². The molecule has 12 heterocycles. The third-order valence-electron chi connectivity index (χ3n) is 17.3. The fraction of sp³-hybridized carbons (Fsp3) is 0.233. The minimum absolute atomic E-state index is 0.0121. The zero-order chi connectivity index (χ0) is 69.8. The first-order chi connectivity index (χ1) is 49.4. The molecule has 3 fully saturated rings. The van der Waals surface area contributed by atoms with Crippen LogP contribution in [0.25, 0.3) is 67.0 Å². The van der Waals surface area contributed by atoms with E-state index in [0.717, 1.165) is 62.8 Å². The standard InChI is InChI=1S/C26H27N7O2.C24H23N7O2.C23H22N8O2/c1-2-3-11-22(34)32-14-7-8-19(16-32)33-26-23(25(27)29-17-30-26)24(31-33)18-12-13-21(28-15-18)35-20-9-5-4-6-10-20;1-2-20(32)30-12-6-7-16(14-30)31-24-21(23(25)27-15-28-24)22(29-31)19-11-10-18(13-26-19)33-17-8-4-3-5-9-17;1-2-18(32)30-10-6-7-16(13-30)31-22-19(21(24)27-14-28-22)20(29-31)15-11-25-23(26-12-15)33-17-8-4-3-5-9-17/h3-6,9-13,15,17,19H,2,7-8,14,16H2,1H3,(H2,27,29,30);2-5,8-11,13,15-16H,1,6-7,12,14H2,(H2,25,27,28);2-5,8-9,11-12,14,16H,1,6-7,10,13H2,(H2,24,27,28)/b11-3+;;/t19-;2*16-/m111/s1. The Morgan fingerprint density at radius 3 is 1.34 bits per heavy atom. The molecule has 3 aromatic carbocycles. The van der Waals surface area contributed by atoms with Crippen molar-refractivity contribution in [3.05, 3.63) is 196 Å². The van der Waals surface area contributed by atoms with Crippen molar-refractivity contribution in [2.75, 3.05) is 56.5 Å². The summed E-state index contributed by atoms with van der Waals surface area (Å²) in [5.74, 6) is 4.06. The van der Waals surface area contributed by atoms with Crippen LogP contribution < -0.4 is 31.4 Å². The molecule has 3 aliphatic rings. The van der Waals surface area contributed by atoms with Crippen LogP contribution in [-0.4, -0.2) is 151 Å².